The van der Waals surface area contributed by atoms with Crippen molar-refractivity contribution >= 4 is 16.8 Å². The van der Waals surface area contributed by atoms with E-state index in [1.54, 1.807) is 0 Å². The van der Waals surface area contributed by atoms with Gasteiger partial charge in [-0.15, -0.1) is 0 Å². The lowest BCUT2D eigenvalue weighted by Gasteiger charge is -2.39. The summed E-state index contributed by atoms with van der Waals surface area (Å²) in [5, 5.41) is 1.14. The Morgan fingerprint density at radius 1 is 1.11 bits per heavy atom. The van der Waals surface area contributed by atoms with Crippen LogP contribution in [0.3, 0.4) is 0 Å². The lowest BCUT2D eigenvalue weighted by Crippen LogP contribution is -2.43. The minimum Gasteiger partial charge on any atom is -0.341 e. The van der Waals surface area contributed by atoms with E-state index in [9.17, 15) is 4.79 Å². The topological polar surface area (TPSA) is 36.4 Å². The van der Waals surface area contributed by atoms with E-state index in [0.717, 1.165) is 16.9 Å². The molecule has 4 heteroatoms. The zero-order chi connectivity index (χ0) is 19.3. The van der Waals surface area contributed by atoms with Crippen LogP contribution >= 0.6 is 0 Å². The second-order valence-corrected chi connectivity index (χ2v) is 8.76. The molecule has 0 N–H and O–H groups in total. The number of aromatic nitrogens is 1. The van der Waals surface area contributed by atoms with Gasteiger partial charge in [0.1, 0.15) is 0 Å². The smallest absolute Gasteiger partial charge is 0.222 e. The van der Waals surface area contributed by atoms with Crippen molar-refractivity contribution in [2.24, 2.45) is 5.92 Å². The molecule has 4 rings (SSSR count). The van der Waals surface area contributed by atoms with Gasteiger partial charge < -0.3 is 9.80 Å². The standard InChI is InChI=1S/C24H33N3O/c1-26(18-20-9-10-23-21(16-20)6-5-13-25-23)24(28)17-19-11-14-27(15-12-19)22-7-3-2-4-8-22/h5-6,9-10,13,16,19,22H,2-4,7-8,11-12,14-15,17-18H2,1H3. The molecule has 1 aliphatic carbocycles. The fourth-order valence-corrected chi connectivity index (χ4v) is 4.96. The van der Waals surface area contributed by atoms with Gasteiger partial charge in [-0.05, 0) is 68.5 Å². The van der Waals surface area contributed by atoms with E-state index >= 15 is 0 Å². The van der Waals surface area contributed by atoms with Gasteiger partial charge in [0.05, 0.1) is 5.52 Å². The molecule has 1 aromatic carbocycles. The number of carbonyl (C=O) groups is 1. The van der Waals surface area contributed by atoms with Gasteiger partial charge in [0.2, 0.25) is 5.91 Å². The molecule has 2 heterocycles. The molecule has 0 atom stereocenters. The summed E-state index contributed by atoms with van der Waals surface area (Å²) >= 11 is 0. The number of carbonyl (C=O) groups excluding carboxylic acids is 1. The molecule has 1 saturated carbocycles. The molecule has 1 amide bonds. The summed E-state index contributed by atoms with van der Waals surface area (Å²) in [4.78, 5) is 21.7. The summed E-state index contributed by atoms with van der Waals surface area (Å²) in [6, 6.07) is 11.1. The number of amides is 1. The highest BCUT2D eigenvalue weighted by molar-refractivity contribution is 5.79. The van der Waals surface area contributed by atoms with Crippen molar-refractivity contribution in [1.29, 1.82) is 0 Å². The van der Waals surface area contributed by atoms with Crippen molar-refractivity contribution in [3.63, 3.8) is 0 Å². The Labute approximate surface area is 168 Å². The lowest BCUT2D eigenvalue weighted by molar-refractivity contribution is -0.131. The fraction of sp³-hybridized carbons (Fsp3) is 0.583. The monoisotopic (exact) mass is 379 g/mol. The van der Waals surface area contributed by atoms with Gasteiger partial charge >= 0.3 is 0 Å². The van der Waals surface area contributed by atoms with Gasteiger partial charge in [0, 0.05) is 37.6 Å². The van der Waals surface area contributed by atoms with Crippen LogP contribution in [0.1, 0.15) is 56.9 Å². The lowest BCUT2D eigenvalue weighted by atomic mass is 9.88. The highest BCUT2D eigenvalue weighted by Crippen LogP contribution is 2.28. The van der Waals surface area contributed by atoms with E-state index in [4.69, 9.17) is 0 Å². The van der Waals surface area contributed by atoms with Gasteiger partial charge in [-0.1, -0.05) is 31.4 Å². The summed E-state index contributed by atoms with van der Waals surface area (Å²) in [5.41, 5.74) is 2.17. The van der Waals surface area contributed by atoms with Crippen LogP contribution in [0.4, 0.5) is 0 Å². The molecule has 1 aromatic heterocycles. The summed E-state index contributed by atoms with van der Waals surface area (Å²) < 4.78 is 0. The maximum Gasteiger partial charge on any atom is 0.222 e. The van der Waals surface area contributed by atoms with Crippen LogP contribution in [0.25, 0.3) is 10.9 Å². The molecule has 2 fully saturated rings. The Morgan fingerprint density at radius 2 is 1.89 bits per heavy atom. The maximum absolute atomic E-state index is 12.8. The highest BCUT2D eigenvalue weighted by Gasteiger charge is 2.27. The van der Waals surface area contributed by atoms with Crippen LogP contribution in [0.5, 0.6) is 0 Å². The molecule has 4 nitrogen and oxygen atoms in total. The second-order valence-electron chi connectivity index (χ2n) is 8.76. The van der Waals surface area contributed by atoms with E-state index < -0.39 is 0 Å². The fourth-order valence-electron chi connectivity index (χ4n) is 4.96. The number of hydrogen-bond acceptors (Lipinski definition) is 3. The molecule has 28 heavy (non-hydrogen) atoms. The van der Waals surface area contributed by atoms with Crippen molar-refractivity contribution in [1.82, 2.24) is 14.8 Å². The molecular formula is C24H33N3O. The first kappa shape index (κ1) is 19.4. The van der Waals surface area contributed by atoms with Crippen molar-refractivity contribution in [3.8, 4) is 0 Å². The number of hydrogen-bond donors (Lipinski definition) is 0. The normalized spacial score (nSPS) is 19.8. The van der Waals surface area contributed by atoms with Crippen molar-refractivity contribution in [2.75, 3.05) is 20.1 Å². The summed E-state index contributed by atoms with van der Waals surface area (Å²) in [6.45, 7) is 3.04. The Morgan fingerprint density at radius 3 is 2.68 bits per heavy atom. The van der Waals surface area contributed by atoms with Crippen LogP contribution in [0, 0.1) is 5.92 Å². The van der Waals surface area contributed by atoms with Gasteiger partial charge in [-0.2, -0.15) is 0 Å². The van der Waals surface area contributed by atoms with Crippen molar-refractivity contribution in [3.05, 3.63) is 42.1 Å². The van der Waals surface area contributed by atoms with Crippen LogP contribution in [0.2, 0.25) is 0 Å². The first-order chi connectivity index (χ1) is 13.7. The zero-order valence-electron chi connectivity index (χ0n) is 17.1. The molecule has 2 aliphatic rings. The summed E-state index contributed by atoms with van der Waals surface area (Å²) in [7, 11) is 1.94. The van der Waals surface area contributed by atoms with Gasteiger partial charge in [0.25, 0.3) is 0 Å². The third-order valence-electron chi connectivity index (χ3n) is 6.72. The predicted molar refractivity (Wildman–Crippen MR) is 114 cm³/mol. The number of fused-ring (bicyclic) bond motifs is 1. The number of likely N-dealkylation sites (tertiary alicyclic amines) is 1. The molecule has 150 valence electrons. The molecule has 1 saturated heterocycles. The number of piperidine rings is 1. The Kier molecular flexibility index (Phi) is 6.26. The Balaban J connectivity index is 1.26. The SMILES string of the molecule is CN(Cc1ccc2ncccc2c1)C(=O)CC1CCN(C2CCCCC2)CC1. The first-order valence-electron chi connectivity index (χ1n) is 11.0. The summed E-state index contributed by atoms with van der Waals surface area (Å²) in [6.07, 6.45) is 11.9. The third-order valence-corrected chi connectivity index (χ3v) is 6.72. The Hall–Kier alpha value is -1.94. The third kappa shape index (κ3) is 4.72. The molecular weight excluding hydrogens is 346 g/mol. The van der Waals surface area contributed by atoms with E-state index in [2.05, 4.69) is 28.1 Å². The number of benzene rings is 1. The molecule has 2 aromatic rings. The number of rotatable bonds is 5. The molecule has 0 bridgehead atoms. The summed E-state index contributed by atoms with van der Waals surface area (Å²) in [5.74, 6) is 0.831. The van der Waals surface area contributed by atoms with Crippen molar-refractivity contribution < 1.29 is 4.79 Å². The number of pyridine rings is 1. The van der Waals surface area contributed by atoms with E-state index in [1.165, 1.54) is 63.6 Å². The molecule has 1 aliphatic heterocycles. The van der Waals surface area contributed by atoms with E-state index in [-0.39, 0.29) is 5.91 Å². The minimum atomic E-state index is 0.280. The molecule has 0 radical (unpaired) electrons. The number of nitrogens with zero attached hydrogens (tertiary/aromatic N) is 3. The van der Waals surface area contributed by atoms with Gasteiger partial charge in [0.15, 0.2) is 0 Å². The second kappa shape index (κ2) is 9.04. The van der Waals surface area contributed by atoms with E-state index in [1.807, 2.05) is 30.3 Å². The van der Waals surface area contributed by atoms with Gasteiger partial charge in [-0.3, -0.25) is 9.78 Å². The van der Waals surface area contributed by atoms with E-state index in [0.29, 0.717) is 18.9 Å². The average Bonchev–Trinajstić information content (AvgIpc) is 2.75. The van der Waals surface area contributed by atoms with Crippen LogP contribution < -0.4 is 0 Å². The first-order valence-corrected chi connectivity index (χ1v) is 11.0. The van der Waals surface area contributed by atoms with Crippen molar-refractivity contribution in [2.45, 2.75) is 64.0 Å². The predicted octanol–water partition coefficient (Wildman–Crippen LogP) is 4.63. The van der Waals surface area contributed by atoms with Crippen LogP contribution in [-0.2, 0) is 11.3 Å². The van der Waals surface area contributed by atoms with Crippen LogP contribution in [-0.4, -0.2) is 46.9 Å². The quantitative estimate of drug-likeness (QED) is 0.760. The average molecular weight is 380 g/mol. The Bertz CT molecular complexity index is 791. The molecule has 0 spiro atoms. The zero-order valence-corrected chi connectivity index (χ0v) is 17.1. The largest absolute Gasteiger partial charge is 0.341 e. The molecule has 0 unspecified atom stereocenters. The minimum absolute atomic E-state index is 0.280. The highest BCUT2D eigenvalue weighted by atomic mass is 16.2. The van der Waals surface area contributed by atoms with Gasteiger partial charge in [-0.25, -0.2) is 0 Å². The maximum atomic E-state index is 12.8. The van der Waals surface area contributed by atoms with Crippen LogP contribution in [0.15, 0.2) is 36.5 Å².